The zero-order chi connectivity index (χ0) is 22.7. The summed E-state index contributed by atoms with van der Waals surface area (Å²) in [5.41, 5.74) is -4.66. The van der Waals surface area contributed by atoms with Crippen LogP contribution >= 0.6 is 0 Å². The first-order valence-corrected chi connectivity index (χ1v) is 9.32. The molecule has 0 bridgehead atoms. The van der Waals surface area contributed by atoms with E-state index in [4.69, 9.17) is 9.47 Å². The maximum Gasteiger partial charge on any atom is 0.432 e. The van der Waals surface area contributed by atoms with Crippen LogP contribution in [0, 0.1) is 0 Å². The molecule has 3 unspecified atom stereocenters. The number of ether oxygens (including phenoxy) is 3. The molecule has 0 aliphatic carbocycles. The third kappa shape index (κ3) is 5.03. The van der Waals surface area contributed by atoms with Gasteiger partial charge in [0.2, 0.25) is 0 Å². The van der Waals surface area contributed by atoms with Crippen LogP contribution < -0.4 is 0 Å². The van der Waals surface area contributed by atoms with Crippen LogP contribution in [0.2, 0.25) is 0 Å². The van der Waals surface area contributed by atoms with Crippen LogP contribution in [0.15, 0.2) is 30.3 Å². The van der Waals surface area contributed by atoms with Crippen LogP contribution in [0.1, 0.15) is 32.8 Å². The van der Waals surface area contributed by atoms with Gasteiger partial charge in [-0.15, -0.1) is 0 Å². The molecule has 0 aromatic heterocycles. The molecular weight excluding hydrogens is 410 g/mol. The predicted molar refractivity (Wildman–Crippen MR) is 98.4 cm³/mol. The molecule has 0 saturated carbocycles. The largest absolute Gasteiger partial charge is 0.456 e. The molecule has 6 nitrogen and oxygen atoms in total. The van der Waals surface area contributed by atoms with Gasteiger partial charge in [-0.05, 0) is 20.8 Å². The topological polar surface area (TPSA) is 65.1 Å². The highest BCUT2D eigenvalue weighted by atomic mass is 19.4. The normalized spacial score (nSPS) is 22.2. The van der Waals surface area contributed by atoms with E-state index in [0.29, 0.717) is 0 Å². The van der Waals surface area contributed by atoms with Crippen LogP contribution in [-0.4, -0.2) is 61.2 Å². The highest BCUT2D eigenvalue weighted by Gasteiger charge is 2.64. The zero-order valence-electron chi connectivity index (χ0n) is 17.2. The van der Waals surface area contributed by atoms with Gasteiger partial charge in [0.05, 0.1) is 6.54 Å². The summed E-state index contributed by atoms with van der Waals surface area (Å²) < 4.78 is 71.0. The average molecular weight is 435 g/mol. The number of methoxy groups -OCH3 is 1. The number of rotatable bonds is 4. The quantitative estimate of drug-likeness (QED) is 0.529. The first kappa shape index (κ1) is 23.9. The Morgan fingerprint density at radius 3 is 2.17 bits per heavy atom. The lowest BCUT2D eigenvalue weighted by Crippen LogP contribution is -2.55. The molecular formula is C20H25F4NO5. The number of piperidine rings is 1. The number of carbonyl (C=O) groups excluding carboxylic acids is 2. The molecule has 168 valence electrons. The van der Waals surface area contributed by atoms with E-state index in [-0.39, 0.29) is 13.0 Å². The number of hydrogen-bond acceptors (Lipinski definition) is 5. The van der Waals surface area contributed by atoms with Crippen LogP contribution in [0.5, 0.6) is 0 Å². The van der Waals surface area contributed by atoms with Crippen molar-refractivity contribution < 1.29 is 41.4 Å². The Bertz CT molecular complexity index is 750. The van der Waals surface area contributed by atoms with E-state index < -0.39 is 53.8 Å². The van der Waals surface area contributed by atoms with Crippen molar-refractivity contribution in [3.63, 3.8) is 0 Å². The molecule has 10 heteroatoms. The van der Waals surface area contributed by atoms with Crippen molar-refractivity contribution >= 4 is 12.1 Å². The third-order valence-corrected chi connectivity index (χ3v) is 4.57. The molecule has 1 amide bonds. The summed E-state index contributed by atoms with van der Waals surface area (Å²) in [5, 5.41) is 0. The fraction of sp³-hybridized carbons (Fsp3) is 0.600. The molecule has 1 saturated heterocycles. The summed E-state index contributed by atoms with van der Waals surface area (Å²) in [6, 6.07) is 6.28. The van der Waals surface area contributed by atoms with Gasteiger partial charge in [-0.1, -0.05) is 30.3 Å². The first-order valence-electron chi connectivity index (χ1n) is 9.32. The van der Waals surface area contributed by atoms with E-state index in [1.807, 2.05) is 0 Å². The van der Waals surface area contributed by atoms with Crippen molar-refractivity contribution in [2.45, 2.75) is 56.8 Å². The van der Waals surface area contributed by atoms with Gasteiger partial charge in [0.15, 0.2) is 6.17 Å². The Morgan fingerprint density at radius 2 is 1.70 bits per heavy atom. The lowest BCUT2D eigenvalue weighted by atomic mass is 9.92. The monoisotopic (exact) mass is 435 g/mol. The zero-order valence-corrected chi connectivity index (χ0v) is 17.2. The second-order valence-corrected chi connectivity index (χ2v) is 7.92. The number of likely N-dealkylation sites (tertiary alicyclic amines) is 1. The molecule has 3 atom stereocenters. The maximum atomic E-state index is 14.6. The van der Waals surface area contributed by atoms with Gasteiger partial charge in [-0.2, -0.15) is 13.2 Å². The molecule has 1 aliphatic rings. The lowest BCUT2D eigenvalue weighted by Gasteiger charge is -2.38. The standard InChI is InChI=1S/C20H25F4NO5/c1-18(2,3)30-17(27)25-11-10-15(14(21)12-25)29-16(26)19(28-4,20(22,23)24)13-8-6-5-7-9-13/h5-9,14-15H,10-12H2,1-4H3. The first-order chi connectivity index (χ1) is 13.8. The lowest BCUT2D eigenvalue weighted by molar-refractivity contribution is -0.279. The molecule has 1 aromatic rings. The number of nitrogens with zero attached hydrogens (tertiary/aromatic N) is 1. The molecule has 1 fully saturated rings. The minimum atomic E-state index is -5.15. The fourth-order valence-electron chi connectivity index (χ4n) is 3.12. The number of amides is 1. The Labute approximate surface area is 172 Å². The minimum Gasteiger partial charge on any atom is -0.456 e. The van der Waals surface area contributed by atoms with Gasteiger partial charge in [-0.25, -0.2) is 14.0 Å². The van der Waals surface area contributed by atoms with Crippen molar-refractivity contribution in [1.82, 2.24) is 4.90 Å². The summed E-state index contributed by atoms with van der Waals surface area (Å²) in [6.45, 7) is 4.45. The van der Waals surface area contributed by atoms with E-state index in [1.165, 1.54) is 18.2 Å². The second-order valence-electron chi connectivity index (χ2n) is 7.92. The SMILES string of the molecule is COC(C(=O)OC1CCN(C(=O)OC(C)(C)C)CC1F)(c1ccccc1)C(F)(F)F. The fourth-order valence-corrected chi connectivity index (χ4v) is 3.12. The van der Waals surface area contributed by atoms with Gasteiger partial charge in [0.1, 0.15) is 11.7 Å². The van der Waals surface area contributed by atoms with E-state index in [0.717, 1.165) is 24.1 Å². The number of carbonyl (C=O) groups is 2. The van der Waals surface area contributed by atoms with Gasteiger partial charge < -0.3 is 19.1 Å². The predicted octanol–water partition coefficient (Wildman–Crippen LogP) is 3.98. The Balaban J connectivity index is 2.17. The van der Waals surface area contributed by atoms with Crippen molar-refractivity contribution in [3.05, 3.63) is 35.9 Å². The van der Waals surface area contributed by atoms with Crippen molar-refractivity contribution in [2.24, 2.45) is 0 Å². The number of benzene rings is 1. The van der Waals surface area contributed by atoms with Crippen LogP contribution in [0.3, 0.4) is 0 Å². The Morgan fingerprint density at radius 1 is 1.10 bits per heavy atom. The molecule has 0 spiro atoms. The molecule has 2 rings (SSSR count). The summed E-state index contributed by atoms with van der Waals surface area (Å²) in [5.74, 6) is -1.76. The molecule has 30 heavy (non-hydrogen) atoms. The Kier molecular flexibility index (Phi) is 7.01. The Hall–Kier alpha value is -2.36. The van der Waals surface area contributed by atoms with E-state index in [9.17, 15) is 27.2 Å². The third-order valence-electron chi connectivity index (χ3n) is 4.57. The van der Waals surface area contributed by atoms with Gasteiger partial charge in [0, 0.05) is 25.6 Å². The van der Waals surface area contributed by atoms with Crippen molar-refractivity contribution in [2.75, 3.05) is 20.2 Å². The van der Waals surface area contributed by atoms with E-state index in [2.05, 4.69) is 4.74 Å². The summed E-state index contributed by atoms with van der Waals surface area (Å²) in [4.78, 5) is 25.8. The molecule has 0 radical (unpaired) electrons. The van der Waals surface area contributed by atoms with Crippen LogP contribution in [0.25, 0.3) is 0 Å². The highest BCUT2D eigenvalue weighted by Crippen LogP contribution is 2.43. The van der Waals surface area contributed by atoms with Crippen LogP contribution in [0.4, 0.5) is 22.4 Å². The summed E-state index contributed by atoms with van der Waals surface area (Å²) in [7, 11) is 0.736. The molecule has 1 aromatic carbocycles. The number of halogens is 4. The van der Waals surface area contributed by atoms with Gasteiger partial charge in [-0.3, -0.25) is 0 Å². The molecule has 1 heterocycles. The molecule has 1 aliphatic heterocycles. The number of hydrogen-bond donors (Lipinski definition) is 0. The maximum absolute atomic E-state index is 14.6. The van der Waals surface area contributed by atoms with E-state index in [1.54, 1.807) is 20.8 Å². The van der Waals surface area contributed by atoms with Gasteiger partial charge >= 0.3 is 18.2 Å². The van der Waals surface area contributed by atoms with Crippen molar-refractivity contribution in [1.29, 1.82) is 0 Å². The number of alkyl halides is 4. The second kappa shape index (κ2) is 8.79. The smallest absolute Gasteiger partial charge is 0.432 e. The summed E-state index contributed by atoms with van der Waals surface area (Å²) in [6.07, 6.45) is -9.42. The average Bonchev–Trinajstić information content (AvgIpc) is 2.62. The van der Waals surface area contributed by atoms with Gasteiger partial charge in [0.25, 0.3) is 5.60 Å². The molecule has 0 N–H and O–H groups in total. The minimum absolute atomic E-state index is 0.0371. The van der Waals surface area contributed by atoms with Crippen molar-refractivity contribution in [3.8, 4) is 0 Å². The summed E-state index contributed by atoms with van der Waals surface area (Å²) >= 11 is 0. The number of esters is 1. The van der Waals surface area contributed by atoms with Crippen LogP contribution in [-0.2, 0) is 24.6 Å². The van der Waals surface area contributed by atoms with E-state index >= 15 is 0 Å². The highest BCUT2D eigenvalue weighted by molar-refractivity contribution is 5.83.